The van der Waals surface area contributed by atoms with E-state index < -0.39 is 0 Å². The zero-order chi connectivity index (χ0) is 12.1. The number of hydrogen-bond donors (Lipinski definition) is 0. The summed E-state index contributed by atoms with van der Waals surface area (Å²) < 4.78 is 0. The van der Waals surface area contributed by atoms with Crippen LogP contribution in [0, 0.1) is 11.5 Å². The maximum absolute atomic E-state index is 3.97. The van der Waals surface area contributed by atoms with Crippen LogP contribution in [0.4, 0.5) is 0 Å². The molecule has 0 heteroatoms. The Labute approximate surface area is 106 Å². The van der Waals surface area contributed by atoms with E-state index in [-0.39, 0.29) is 0 Å². The van der Waals surface area contributed by atoms with Crippen LogP contribution in [0.5, 0.6) is 0 Å². The van der Waals surface area contributed by atoms with Crippen molar-refractivity contribution in [3.63, 3.8) is 0 Å². The maximum atomic E-state index is 3.97. The lowest BCUT2D eigenvalue weighted by molar-refractivity contribution is 0.154. The smallest absolute Gasteiger partial charge is 0.0125 e. The molecule has 17 heavy (non-hydrogen) atoms. The summed E-state index contributed by atoms with van der Waals surface area (Å²) in [4.78, 5) is 0. The van der Waals surface area contributed by atoms with Gasteiger partial charge in [-0.2, -0.15) is 0 Å². The first kappa shape index (κ1) is 12.4. The van der Waals surface area contributed by atoms with Crippen LogP contribution >= 0.6 is 0 Å². The standard InChI is InChI=1S/C17H23/c1-3-12-17(13-8-5-9-14-17)15(2)16-10-6-4-7-11-16/h3-4,6-7,10,15H,1,5,8-9,12-14H2,2H3. The summed E-state index contributed by atoms with van der Waals surface area (Å²) in [5.41, 5.74) is 1.81. The molecule has 1 aliphatic rings. The Morgan fingerprint density at radius 2 is 2.12 bits per heavy atom. The van der Waals surface area contributed by atoms with Crippen molar-refractivity contribution in [1.29, 1.82) is 0 Å². The summed E-state index contributed by atoms with van der Waals surface area (Å²) >= 11 is 0. The second-order valence-electron chi connectivity index (χ2n) is 5.46. The Hall–Kier alpha value is -1.04. The second-order valence-corrected chi connectivity index (χ2v) is 5.46. The highest BCUT2D eigenvalue weighted by atomic mass is 14.4. The number of rotatable bonds is 4. The van der Waals surface area contributed by atoms with Gasteiger partial charge < -0.3 is 0 Å². The molecule has 2 rings (SSSR count). The lowest BCUT2D eigenvalue weighted by Crippen LogP contribution is -2.29. The monoisotopic (exact) mass is 227 g/mol. The van der Waals surface area contributed by atoms with Gasteiger partial charge in [0.2, 0.25) is 0 Å². The third-order valence-electron chi connectivity index (χ3n) is 4.52. The molecule has 0 bridgehead atoms. The molecule has 1 radical (unpaired) electrons. The van der Waals surface area contributed by atoms with Gasteiger partial charge in [0.05, 0.1) is 0 Å². The number of benzene rings is 1. The number of hydrogen-bond acceptors (Lipinski definition) is 0. The Morgan fingerprint density at radius 3 is 2.71 bits per heavy atom. The van der Waals surface area contributed by atoms with Crippen LogP contribution in [0.15, 0.2) is 36.9 Å². The van der Waals surface area contributed by atoms with Crippen molar-refractivity contribution in [1.82, 2.24) is 0 Å². The van der Waals surface area contributed by atoms with Crippen LogP contribution in [0.3, 0.4) is 0 Å². The van der Waals surface area contributed by atoms with E-state index >= 15 is 0 Å². The van der Waals surface area contributed by atoms with E-state index in [2.05, 4.69) is 43.8 Å². The third-order valence-corrected chi connectivity index (χ3v) is 4.52. The first-order chi connectivity index (χ1) is 8.28. The zero-order valence-corrected chi connectivity index (χ0v) is 10.9. The quantitative estimate of drug-likeness (QED) is 0.626. The molecule has 0 aliphatic heterocycles. The Morgan fingerprint density at radius 1 is 1.35 bits per heavy atom. The molecule has 1 saturated carbocycles. The second kappa shape index (κ2) is 5.53. The fourth-order valence-corrected chi connectivity index (χ4v) is 3.36. The van der Waals surface area contributed by atoms with Gasteiger partial charge in [-0.3, -0.25) is 0 Å². The van der Waals surface area contributed by atoms with Crippen molar-refractivity contribution in [3.05, 3.63) is 48.6 Å². The van der Waals surface area contributed by atoms with Gasteiger partial charge in [-0.05, 0) is 42.2 Å². The maximum Gasteiger partial charge on any atom is -0.0125 e. The summed E-state index contributed by atoms with van der Waals surface area (Å²) in [7, 11) is 0. The van der Waals surface area contributed by atoms with Crippen LogP contribution in [0.1, 0.15) is 56.9 Å². The first-order valence-corrected chi connectivity index (χ1v) is 6.86. The van der Waals surface area contributed by atoms with Crippen LogP contribution in [-0.4, -0.2) is 0 Å². The molecular formula is C17H23. The van der Waals surface area contributed by atoms with E-state index in [4.69, 9.17) is 0 Å². The van der Waals surface area contributed by atoms with Gasteiger partial charge in [0, 0.05) is 0 Å². The molecule has 0 nitrogen and oxygen atoms in total. The molecule has 0 heterocycles. The first-order valence-electron chi connectivity index (χ1n) is 6.86. The predicted octanol–water partition coefficient (Wildman–Crippen LogP) is 5.12. The van der Waals surface area contributed by atoms with E-state index in [0.717, 1.165) is 6.42 Å². The molecule has 1 aromatic rings. The average Bonchev–Trinajstić information content (AvgIpc) is 2.40. The molecule has 0 amide bonds. The van der Waals surface area contributed by atoms with Gasteiger partial charge >= 0.3 is 0 Å². The molecule has 0 aromatic heterocycles. The highest BCUT2D eigenvalue weighted by molar-refractivity contribution is 5.21. The molecule has 1 aliphatic carbocycles. The molecule has 91 valence electrons. The van der Waals surface area contributed by atoms with Crippen molar-refractivity contribution in [2.75, 3.05) is 0 Å². The average molecular weight is 227 g/mol. The van der Waals surface area contributed by atoms with Crippen molar-refractivity contribution in [3.8, 4) is 0 Å². The largest absolute Gasteiger partial charge is 0.103 e. The molecule has 0 N–H and O–H groups in total. The Balaban J connectivity index is 2.23. The molecule has 1 atom stereocenters. The van der Waals surface area contributed by atoms with E-state index in [1.807, 2.05) is 6.07 Å². The molecule has 0 spiro atoms. The lowest BCUT2D eigenvalue weighted by atomic mass is 9.63. The molecule has 1 fully saturated rings. The fourth-order valence-electron chi connectivity index (χ4n) is 3.36. The third kappa shape index (κ3) is 2.62. The summed E-state index contributed by atoms with van der Waals surface area (Å²) in [6.45, 7) is 6.34. The van der Waals surface area contributed by atoms with Crippen LogP contribution < -0.4 is 0 Å². The highest BCUT2D eigenvalue weighted by Crippen LogP contribution is 2.49. The van der Waals surface area contributed by atoms with E-state index in [9.17, 15) is 0 Å². The molecule has 1 aromatic carbocycles. The van der Waals surface area contributed by atoms with Crippen molar-refractivity contribution >= 4 is 0 Å². The predicted molar refractivity (Wildman–Crippen MR) is 74.0 cm³/mol. The minimum Gasteiger partial charge on any atom is -0.103 e. The van der Waals surface area contributed by atoms with E-state index in [1.54, 1.807) is 0 Å². The summed E-state index contributed by atoms with van der Waals surface area (Å²) in [6.07, 6.45) is 10.1. The normalized spacial score (nSPS) is 20.8. The van der Waals surface area contributed by atoms with E-state index in [0.29, 0.717) is 11.3 Å². The summed E-state index contributed by atoms with van der Waals surface area (Å²) in [6, 6.07) is 11.9. The molecule has 1 unspecified atom stereocenters. The van der Waals surface area contributed by atoms with Crippen molar-refractivity contribution in [2.45, 2.75) is 51.4 Å². The SMILES string of the molecule is C=CCC1(C(C)c2[c]cccc2)CCCCC1. The van der Waals surface area contributed by atoms with Gasteiger partial charge in [-0.25, -0.2) is 0 Å². The Kier molecular flexibility index (Phi) is 4.04. The summed E-state index contributed by atoms with van der Waals surface area (Å²) in [5.74, 6) is 0.599. The fraction of sp³-hybridized carbons (Fsp3) is 0.529. The number of allylic oxidation sites excluding steroid dienone is 1. The van der Waals surface area contributed by atoms with Gasteiger partial charge in [-0.1, -0.05) is 56.5 Å². The van der Waals surface area contributed by atoms with Gasteiger partial charge in [0.1, 0.15) is 0 Å². The highest BCUT2D eigenvalue weighted by Gasteiger charge is 2.36. The zero-order valence-electron chi connectivity index (χ0n) is 10.9. The topological polar surface area (TPSA) is 0 Å². The molecule has 0 saturated heterocycles. The van der Waals surface area contributed by atoms with Crippen molar-refractivity contribution in [2.24, 2.45) is 5.41 Å². The van der Waals surface area contributed by atoms with Crippen LogP contribution in [0.25, 0.3) is 0 Å². The minimum absolute atomic E-state index is 0.442. The van der Waals surface area contributed by atoms with Crippen LogP contribution in [0.2, 0.25) is 0 Å². The van der Waals surface area contributed by atoms with Crippen LogP contribution in [-0.2, 0) is 0 Å². The van der Waals surface area contributed by atoms with Gasteiger partial charge in [0.25, 0.3) is 0 Å². The van der Waals surface area contributed by atoms with Gasteiger partial charge in [-0.15, -0.1) is 6.58 Å². The lowest BCUT2D eigenvalue weighted by Gasteiger charge is -2.42. The van der Waals surface area contributed by atoms with Crippen molar-refractivity contribution < 1.29 is 0 Å². The molecular weight excluding hydrogens is 204 g/mol. The minimum atomic E-state index is 0.442. The van der Waals surface area contributed by atoms with E-state index in [1.165, 1.54) is 37.7 Å². The van der Waals surface area contributed by atoms with Gasteiger partial charge in [0.15, 0.2) is 0 Å². The Bertz CT molecular complexity index is 344. The summed E-state index contributed by atoms with van der Waals surface area (Å²) in [5, 5.41) is 0.